The lowest BCUT2D eigenvalue weighted by Crippen LogP contribution is -2.43. The number of nitrogens with zero attached hydrogens (tertiary/aromatic N) is 2. The van der Waals surface area contributed by atoms with Crippen molar-refractivity contribution in [3.8, 4) is 5.75 Å². The molecule has 2 aliphatic rings. The second-order valence-corrected chi connectivity index (χ2v) is 7.64. The van der Waals surface area contributed by atoms with Crippen LogP contribution >= 0.6 is 0 Å². The topological polar surface area (TPSA) is 48.3 Å². The molecule has 5 nitrogen and oxygen atoms in total. The summed E-state index contributed by atoms with van der Waals surface area (Å²) in [6.45, 7) is 5.04. The van der Waals surface area contributed by atoms with E-state index in [0.717, 1.165) is 37.3 Å². The Labute approximate surface area is 155 Å². The van der Waals surface area contributed by atoms with E-state index in [-0.39, 0.29) is 6.10 Å². The van der Waals surface area contributed by atoms with Crippen LogP contribution < -0.4 is 10.1 Å². The van der Waals surface area contributed by atoms with Crippen LogP contribution in [-0.2, 0) is 24.6 Å². The van der Waals surface area contributed by atoms with Crippen molar-refractivity contribution < 1.29 is 9.47 Å². The van der Waals surface area contributed by atoms with E-state index in [9.17, 15) is 0 Å². The number of hydrogen-bond donors (Lipinski definition) is 1. The summed E-state index contributed by atoms with van der Waals surface area (Å²) in [7, 11) is 3.74. The lowest BCUT2D eigenvalue weighted by atomic mass is 9.87. The zero-order chi connectivity index (χ0) is 18.3. The maximum absolute atomic E-state index is 6.14. The van der Waals surface area contributed by atoms with Gasteiger partial charge in [-0.2, -0.15) is 5.10 Å². The fourth-order valence-corrected chi connectivity index (χ4v) is 4.55. The highest BCUT2D eigenvalue weighted by atomic mass is 16.5. The molecule has 1 aliphatic carbocycles. The summed E-state index contributed by atoms with van der Waals surface area (Å²) in [6.07, 6.45) is 4.52. The van der Waals surface area contributed by atoms with Gasteiger partial charge in [-0.05, 0) is 62.8 Å². The van der Waals surface area contributed by atoms with E-state index in [1.54, 1.807) is 7.11 Å². The molecule has 1 fully saturated rings. The third-order valence-corrected chi connectivity index (χ3v) is 6.03. The molecule has 0 saturated carbocycles. The highest BCUT2D eigenvalue weighted by Crippen LogP contribution is 2.34. The molecule has 2 heterocycles. The van der Waals surface area contributed by atoms with Gasteiger partial charge in [0.25, 0.3) is 0 Å². The predicted octanol–water partition coefficient (Wildman–Crippen LogP) is 3.02. The fraction of sp³-hybridized carbons (Fsp3) is 0.571. The number of benzene rings is 1. The van der Waals surface area contributed by atoms with Gasteiger partial charge in [0.2, 0.25) is 0 Å². The number of nitrogens with one attached hydrogen (secondary N) is 1. The minimum atomic E-state index is 0.107. The summed E-state index contributed by atoms with van der Waals surface area (Å²) >= 11 is 0. The van der Waals surface area contributed by atoms with E-state index >= 15 is 0 Å². The van der Waals surface area contributed by atoms with E-state index in [1.165, 1.54) is 28.8 Å². The van der Waals surface area contributed by atoms with Crippen molar-refractivity contribution in [3.63, 3.8) is 0 Å². The molecular weight excluding hydrogens is 326 g/mol. The van der Waals surface area contributed by atoms with Crippen molar-refractivity contribution in [3.05, 3.63) is 46.3 Å². The Kier molecular flexibility index (Phi) is 4.76. The van der Waals surface area contributed by atoms with Crippen LogP contribution in [0.5, 0.6) is 5.75 Å². The average Bonchev–Trinajstić information content (AvgIpc) is 3.18. The van der Waals surface area contributed by atoms with Gasteiger partial charge in [0.05, 0.1) is 12.8 Å². The highest BCUT2D eigenvalue weighted by molar-refractivity contribution is 5.38. The highest BCUT2D eigenvalue weighted by Gasteiger charge is 2.35. The van der Waals surface area contributed by atoms with Gasteiger partial charge < -0.3 is 14.8 Å². The SMILES string of the molecule is COc1ccc2c(c1)CC(N[C@H]1CCO[C@@H]1c1c(C)nn(C)c1C)CC2. The molecule has 0 radical (unpaired) electrons. The Hall–Kier alpha value is -1.85. The maximum atomic E-state index is 6.14. The third-order valence-electron chi connectivity index (χ3n) is 6.03. The molecule has 0 amide bonds. The number of rotatable bonds is 4. The Morgan fingerprint density at radius 1 is 1.23 bits per heavy atom. The van der Waals surface area contributed by atoms with Crippen LogP contribution in [0.4, 0.5) is 0 Å². The molecule has 140 valence electrons. The van der Waals surface area contributed by atoms with Crippen LogP contribution in [0.25, 0.3) is 0 Å². The monoisotopic (exact) mass is 355 g/mol. The van der Waals surface area contributed by atoms with Crippen molar-refractivity contribution in [2.24, 2.45) is 7.05 Å². The summed E-state index contributed by atoms with van der Waals surface area (Å²) in [4.78, 5) is 0. The molecule has 1 aromatic carbocycles. The van der Waals surface area contributed by atoms with Gasteiger partial charge in [0, 0.05) is 37.0 Å². The summed E-state index contributed by atoms with van der Waals surface area (Å²) in [6, 6.07) is 7.33. The van der Waals surface area contributed by atoms with Crippen LogP contribution in [0, 0.1) is 13.8 Å². The number of aromatic nitrogens is 2. The molecule has 1 unspecified atom stereocenters. The lowest BCUT2D eigenvalue weighted by Gasteiger charge is -2.30. The van der Waals surface area contributed by atoms with Crippen LogP contribution in [0.1, 0.15) is 47.0 Å². The van der Waals surface area contributed by atoms with Gasteiger partial charge in [0.1, 0.15) is 11.9 Å². The number of fused-ring (bicyclic) bond motifs is 1. The molecule has 4 rings (SSSR count). The molecule has 0 bridgehead atoms. The van der Waals surface area contributed by atoms with E-state index in [1.807, 2.05) is 11.7 Å². The van der Waals surface area contributed by atoms with Crippen LogP contribution in [0.15, 0.2) is 18.2 Å². The molecule has 0 spiro atoms. The number of ether oxygens (including phenoxy) is 2. The molecule has 1 saturated heterocycles. The smallest absolute Gasteiger partial charge is 0.119 e. The van der Waals surface area contributed by atoms with Crippen molar-refractivity contribution in [1.82, 2.24) is 15.1 Å². The first-order chi connectivity index (χ1) is 12.6. The van der Waals surface area contributed by atoms with E-state index in [0.29, 0.717) is 12.1 Å². The fourth-order valence-electron chi connectivity index (χ4n) is 4.55. The summed E-state index contributed by atoms with van der Waals surface area (Å²) in [5, 5.41) is 8.49. The first kappa shape index (κ1) is 17.6. The zero-order valence-corrected chi connectivity index (χ0v) is 16.2. The van der Waals surface area contributed by atoms with Crippen molar-refractivity contribution in [2.45, 2.75) is 57.7 Å². The van der Waals surface area contributed by atoms with E-state index < -0.39 is 0 Å². The van der Waals surface area contributed by atoms with Gasteiger partial charge in [-0.15, -0.1) is 0 Å². The average molecular weight is 355 g/mol. The molecule has 1 aliphatic heterocycles. The Morgan fingerprint density at radius 2 is 2.08 bits per heavy atom. The minimum absolute atomic E-state index is 0.107. The first-order valence-electron chi connectivity index (χ1n) is 9.60. The van der Waals surface area contributed by atoms with Crippen LogP contribution in [0.3, 0.4) is 0 Å². The van der Waals surface area contributed by atoms with E-state index in [4.69, 9.17) is 9.47 Å². The quantitative estimate of drug-likeness (QED) is 0.916. The zero-order valence-electron chi connectivity index (χ0n) is 16.2. The molecular formula is C21H29N3O2. The second kappa shape index (κ2) is 7.05. The van der Waals surface area contributed by atoms with Crippen LogP contribution in [0.2, 0.25) is 0 Å². The van der Waals surface area contributed by atoms with Gasteiger partial charge >= 0.3 is 0 Å². The van der Waals surface area contributed by atoms with Crippen molar-refractivity contribution in [1.29, 1.82) is 0 Å². The Morgan fingerprint density at radius 3 is 2.81 bits per heavy atom. The van der Waals surface area contributed by atoms with Crippen molar-refractivity contribution in [2.75, 3.05) is 13.7 Å². The molecule has 1 N–H and O–H groups in total. The van der Waals surface area contributed by atoms with Crippen LogP contribution in [-0.4, -0.2) is 35.6 Å². The van der Waals surface area contributed by atoms with Gasteiger partial charge in [-0.1, -0.05) is 6.07 Å². The Balaban J connectivity index is 1.50. The second-order valence-electron chi connectivity index (χ2n) is 7.64. The third kappa shape index (κ3) is 3.14. The normalized spacial score (nSPS) is 25.3. The largest absolute Gasteiger partial charge is 0.497 e. The molecule has 26 heavy (non-hydrogen) atoms. The molecule has 5 heteroatoms. The number of methoxy groups -OCH3 is 1. The Bertz CT molecular complexity index is 799. The predicted molar refractivity (Wildman–Crippen MR) is 102 cm³/mol. The first-order valence-corrected chi connectivity index (χ1v) is 9.60. The van der Waals surface area contributed by atoms with Crippen molar-refractivity contribution >= 4 is 0 Å². The number of aryl methyl sites for hydroxylation is 3. The van der Waals surface area contributed by atoms with Gasteiger partial charge in [-0.3, -0.25) is 4.68 Å². The molecule has 2 aromatic rings. The minimum Gasteiger partial charge on any atom is -0.497 e. The van der Waals surface area contributed by atoms with E-state index in [2.05, 4.69) is 42.5 Å². The molecule has 3 atom stereocenters. The lowest BCUT2D eigenvalue weighted by molar-refractivity contribution is 0.0947. The van der Waals surface area contributed by atoms with Gasteiger partial charge in [0.15, 0.2) is 0 Å². The molecule has 1 aromatic heterocycles. The summed E-state index contributed by atoms with van der Waals surface area (Å²) in [5.41, 5.74) is 6.43. The summed E-state index contributed by atoms with van der Waals surface area (Å²) < 4.78 is 13.5. The maximum Gasteiger partial charge on any atom is 0.119 e. The van der Waals surface area contributed by atoms with Gasteiger partial charge in [-0.25, -0.2) is 0 Å². The standard InChI is InChI=1S/C21H29N3O2/c1-13-20(14(2)24(3)23-13)21-19(9-10-26-21)22-17-7-5-15-6-8-18(25-4)12-16(15)11-17/h6,8,12,17,19,21-22H,5,7,9-11H2,1-4H3/t17?,19-,21-/m0/s1. The summed E-state index contributed by atoms with van der Waals surface area (Å²) in [5.74, 6) is 0.952. The number of hydrogen-bond acceptors (Lipinski definition) is 4.